The molecular weight excluding hydrogens is 338 g/mol. The van der Waals surface area contributed by atoms with Crippen LogP contribution in [0.25, 0.3) is 0 Å². The summed E-state index contributed by atoms with van der Waals surface area (Å²) < 4.78 is 0. The first-order valence-corrected chi connectivity index (χ1v) is 9.57. The lowest BCUT2D eigenvalue weighted by atomic mass is 10.1. The van der Waals surface area contributed by atoms with Crippen molar-refractivity contribution in [3.63, 3.8) is 0 Å². The summed E-state index contributed by atoms with van der Waals surface area (Å²) in [5, 5.41) is 5.81. The maximum atomic E-state index is 12.3. The van der Waals surface area contributed by atoms with E-state index >= 15 is 0 Å². The maximum Gasteiger partial charge on any atom is 0.251 e. The number of likely N-dealkylation sites (tertiary alicyclic amines) is 1. The monoisotopic (exact) mass is 365 g/mol. The highest BCUT2D eigenvalue weighted by Gasteiger charge is 2.14. The summed E-state index contributed by atoms with van der Waals surface area (Å²) in [5.74, 6) is -0.266. The van der Waals surface area contributed by atoms with E-state index in [1.165, 1.54) is 18.4 Å². The zero-order chi connectivity index (χ0) is 19.1. The summed E-state index contributed by atoms with van der Waals surface area (Å²) >= 11 is 0. The van der Waals surface area contributed by atoms with Gasteiger partial charge in [-0.3, -0.25) is 14.5 Å². The van der Waals surface area contributed by atoms with Crippen molar-refractivity contribution in [3.05, 3.63) is 65.7 Å². The molecule has 5 heteroatoms. The van der Waals surface area contributed by atoms with Gasteiger partial charge in [-0.25, -0.2) is 0 Å². The molecule has 3 rings (SSSR count). The van der Waals surface area contributed by atoms with Gasteiger partial charge in [0.05, 0.1) is 0 Å². The van der Waals surface area contributed by atoms with Crippen LogP contribution in [0.2, 0.25) is 0 Å². The van der Waals surface area contributed by atoms with Gasteiger partial charge in [-0.15, -0.1) is 0 Å². The van der Waals surface area contributed by atoms with Gasteiger partial charge in [0.25, 0.3) is 5.91 Å². The van der Waals surface area contributed by atoms with Gasteiger partial charge in [0.15, 0.2) is 0 Å². The van der Waals surface area contributed by atoms with Crippen LogP contribution >= 0.6 is 0 Å². The number of nitrogens with one attached hydrogen (secondary N) is 2. The molecule has 0 aromatic heterocycles. The van der Waals surface area contributed by atoms with Gasteiger partial charge < -0.3 is 10.6 Å². The lowest BCUT2D eigenvalue weighted by Gasteiger charge is -2.16. The Bertz CT molecular complexity index is 770. The van der Waals surface area contributed by atoms with E-state index in [-0.39, 0.29) is 24.3 Å². The number of benzene rings is 2. The normalized spacial score (nSPS) is 15.3. The zero-order valence-corrected chi connectivity index (χ0v) is 15.8. The first-order chi connectivity index (χ1) is 13.1. The van der Waals surface area contributed by atoms with Crippen molar-refractivity contribution in [1.29, 1.82) is 0 Å². The molecule has 27 heavy (non-hydrogen) atoms. The van der Waals surface area contributed by atoms with Gasteiger partial charge in [0.1, 0.15) is 0 Å². The summed E-state index contributed by atoms with van der Waals surface area (Å²) in [6.07, 6.45) is 2.76. The fourth-order valence-corrected chi connectivity index (χ4v) is 3.38. The Morgan fingerprint density at radius 1 is 1.04 bits per heavy atom. The van der Waals surface area contributed by atoms with E-state index in [1.807, 2.05) is 43.3 Å². The Labute approximate surface area is 160 Å². The smallest absolute Gasteiger partial charge is 0.251 e. The van der Waals surface area contributed by atoms with Gasteiger partial charge >= 0.3 is 0 Å². The van der Waals surface area contributed by atoms with Gasteiger partial charge in [-0.2, -0.15) is 0 Å². The fraction of sp³-hybridized carbons (Fsp3) is 0.364. The molecule has 1 aliphatic heterocycles. The summed E-state index contributed by atoms with van der Waals surface area (Å²) in [5.41, 5.74) is 2.61. The molecule has 1 unspecified atom stereocenters. The third-order valence-electron chi connectivity index (χ3n) is 4.72. The third-order valence-corrected chi connectivity index (χ3v) is 4.72. The Morgan fingerprint density at radius 2 is 1.78 bits per heavy atom. The molecule has 2 aromatic carbocycles. The molecule has 2 N–H and O–H groups in total. The number of amides is 2. The Balaban J connectivity index is 1.49. The van der Waals surface area contributed by atoms with Crippen molar-refractivity contribution >= 4 is 17.5 Å². The summed E-state index contributed by atoms with van der Waals surface area (Å²) in [7, 11) is 0. The molecule has 2 amide bonds. The molecule has 0 bridgehead atoms. The second kappa shape index (κ2) is 9.33. The average Bonchev–Trinajstić information content (AvgIpc) is 3.15. The van der Waals surface area contributed by atoms with E-state index in [4.69, 9.17) is 0 Å². The van der Waals surface area contributed by atoms with E-state index in [9.17, 15) is 9.59 Å². The van der Waals surface area contributed by atoms with E-state index in [2.05, 4.69) is 21.6 Å². The molecule has 0 spiro atoms. The minimum absolute atomic E-state index is 0.103. The first kappa shape index (κ1) is 19.1. The Morgan fingerprint density at radius 3 is 2.52 bits per heavy atom. The summed E-state index contributed by atoms with van der Waals surface area (Å²) in [6.45, 7) is 5.06. The number of carbonyl (C=O) groups is 2. The van der Waals surface area contributed by atoms with Crippen molar-refractivity contribution in [1.82, 2.24) is 10.2 Å². The minimum atomic E-state index is -0.245. The molecule has 5 nitrogen and oxygen atoms in total. The van der Waals surface area contributed by atoms with Gasteiger partial charge in [0.2, 0.25) is 5.91 Å². The molecule has 0 radical (unpaired) electrons. The molecule has 1 atom stereocenters. The predicted molar refractivity (Wildman–Crippen MR) is 108 cm³/mol. The van der Waals surface area contributed by atoms with E-state index in [0.717, 1.165) is 25.3 Å². The molecule has 0 saturated carbocycles. The van der Waals surface area contributed by atoms with Gasteiger partial charge in [-0.05, 0) is 62.7 Å². The molecule has 0 aliphatic carbocycles. The lowest BCUT2D eigenvalue weighted by Crippen LogP contribution is -2.35. The van der Waals surface area contributed by atoms with Crippen molar-refractivity contribution in [2.75, 3.05) is 18.4 Å². The number of nitrogens with zero attached hydrogens (tertiary/aromatic N) is 1. The van der Waals surface area contributed by atoms with Crippen LogP contribution in [0.15, 0.2) is 54.6 Å². The third kappa shape index (κ3) is 5.93. The average molecular weight is 365 g/mol. The highest BCUT2D eigenvalue weighted by molar-refractivity contribution is 5.95. The Hall–Kier alpha value is -2.66. The molecule has 1 fully saturated rings. The summed E-state index contributed by atoms with van der Waals surface area (Å²) in [6, 6.07) is 16.8. The van der Waals surface area contributed by atoms with Crippen molar-refractivity contribution in [2.45, 2.75) is 38.8 Å². The first-order valence-electron chi connectivity index (χ1n) is 9.57. The van der Waals surface area contributed by atoms with E-state index in [0.29, 0.717) is 5.56 Å². The number of hydrogen-bond donors (Lipinski definition) is 2. The van der Waals surface area contributed by atoms with Crippen LogP contribution in [-0.4, -0.2) is 35.8 Å². The molecule has 1 aliphatic rings. The fourth-order valence-electron chi connectivity index (χ4n) is 3.38. The van der Waals surface area contributed by atoms with Crippen molar-refractivity contribution in [3.8, 4) is 0 Å². The largest absolute Gasteiger partial charge is 0.349 e. The number of hydrogen-bond acceptors (Lipinski definition) is 3. The van der Waals surface area contributed by atoms with Gasteiger partial charge in [-0.1, -0.05) is 30.3 Å². The minimum Gasteiger partial charge on any atom is -0.349 e. The van der Waals surface area contributed by atoms with Crippen LogP contribution < -0.4 is 10.6 Å². The van der Waals surface area contributed by atoms with Gasteiger partial charge in [0, 0.05) is 30.3 Å². The van der Waals surface area contributed by atoms with Crippen LogP contribution in [0, 0.1) is 0 Å². The van der Waals surface area contributed by atoms with Crippen molar-refractivity contribution in [2.24, 2.45) is 0 Å². The van der Waals surface area contributed by atoms with E-state index < -0.39 is 0 Å². The number of rotatable bonds is 7. The predicted octanol–water partition coefficient (Wildman–Crippen LogP) is 3.43. The summed E-state index contributed by atoms with van der Waals surface area (Å²) in [4.78, 5) is 26.9. The molecular formula is C22H27N3O2. The standard InChI is InChI=1S/C22H27N3O2/c1-17(23-22(27)19-9-3-2-4-10-19)14-21(26)24-20-11-7-8-18(15-20)16-25-12-5-6-13-25/h2-4,7-11,15,17H,5-6,12-14,16H2,1H3,(H,23,27)(H,24,26). The van der Waals surface area contributed by atoms with Crippen LogP contribution in [0.3, 0.4) is 0 Å². The molecule has 1 saturated heterocycles. The lowest BCUT2D eigenvalue weighted by molar-refractivity contribution is -0.116. The number of carbonyl (C=O) groups excluding carboxylic acids is 2. The quantitative estimate of drug-likeness (QED) is 0.790. The zero-order valence-electron chi connectivity index (χ0n) is 15.8. The molecule has 142 valence electrons. The topological polar surface area (TPSA) is 61.4 Å². The second-order valence-corrected chi connectivity index (χ2v) is 7.18. The molecule has 2 aromatic rings. The number of anilines is 1. The molecule has 1 heterocycles. The highest BCUT2D eigenvalue weighted by Crippen LogP contribution is 2.16. The second-order valence-electron chi connectivity index (χ2n) is 7.18. The maximum absolute atomic E-state index is 12.3. The van der Waals surface area contributed by atoms with Crippen LogP contribution in [-0.2, 0) is 11.3 Å². The van der Waals surface area contributed by atoms with Crippen molar-refractivity contribution < 1.29 is 9.59 Å². The highest BCUT2D eigenvalue weighted by atomic mass is 16.2. The van der Waals surface area contributed by atoms with Crippen LogP contribution in [0.5, 0.6) is 0 Å². The SMILES string of the molecule is CC(CC(=O)Nc1cccc(CN2CCCC2)c1)NC(=O)c1ccccc1. The Kier molecular flexibility index (Phi) is 6.60. The van der Waals surface area contributed by atoms with E-state index in [1.54, 1.807) is 12.1 Å². The van der Waals surface area contributed by atoms with Crippen LogP contribution in [0.4, 0.5) is 5.69 Å². The van der Waals surface area contributed by atoms with Crippen LogP contribution in [0.1, 0.15) is 42.1 Å².